The molecule has 3 N–H and O–H groups in total. The minimum atomic E-state index is -3.27. The van der Waals surface area contributed by atoms with E-state index in [1.54, 1.807) is 48.0 Å². The van der Waals surface area contributed by atoms with Crippen molar-refractivity contribution in [2.45, 2.75) is 11.4 Å². The lowest BCUT2D eigenvalue weighted by atomic mass is 10.2. The fraction of sp³-hybridized carbons (Fsp3) is 0.222. The van der Waals surface area contributed by atoms with Gasteiger partial charge in [0.25, 0.3) is 0 Å². The summed E-state index contributed by atoms with van der Waals surface area (Å²) in [5.74, 6) is 0.743. The average molecular weight is 437 g/mol. The summed E-state index contributed by atoms with van der Waals surface area (Å²) in [6.07, 6.45) is 9.77. The zero-order valence-corrected chi connectivity index (χ0v) is 17.2. The number of β-amino-alcohol motifs (C(OH)–C–C–N with tert-alkyl or cyclic N) is 1. The number of hydrogen-bond acceptors (Lipinski definition) is 9. The van der Waals surface area contributed by atoms with E-state index in [0.717, 1.165) is 5.56 Å². The van der Waals surface area contributed by atoms with Gasteiger partial charge in [0.05, 0.1) is 17.7 Å². The Bertz CT molecular complexity index is 1010. The van der Waals surface area contributed by atoms with E-state index in [2.05, 4.69) is 20.7 Å². The number of hydrogen-bond donors (Lipinski definition) is 3. The van der Waals surface area contributed by atoms with E-state index in [0.29, 0.717) is 29.9 Å². The Morgan fingerprint density at radius 3 is 2.66 bits per heavy atom. The number of aliphatic hydroxyl groups excluding tert-OH is 1. The molecule has 29 heavy (non-hydrogen) atoms. The van der Waals surface area contributed by atoms with Gasteiger partial charge in [-0.25, -0.2) is 13.4 Å². The summed E-state index contributed by atoms with van der Waals surface area (Å²) in [5, 5.41) is 14.1. The van der Waals surface area contributed by atoms with Crippen LogP contribution in [0.4, 0.5) is 11.8 Å². The van der Waals surface area contributed by atoms with Gasteiger partial charge in [-0.3, -0.25) is 10.4 Å². The van der Waals surface area contributed by atoms with Crippen LogP contribution < -0.4 is 10.7 Å². The Morgan fingerprint density at radius 1 is 1.21 bits per heavy atom. The van der Waals surface area contributed by atoms with Crippen molar-refractivity contribution in [2.24, 2.45) is 0 Å². The normalized spacial score (nSPS) is 13.6. The first-order valence-electron chi connectivity index (χ1n) is 8.69. The Hall–Kier alpha value is -2.82. The third kappa shape index (κ3) is 5.83. The molecule has 1 aromatic carbocycles. The van der Waals surface area contributed by atoms with Crippen molar-refractivity contribution in [3.8, 4) is 0 Å². The van der Waals surface area contributed by atoms with Crippen LogP contribution in [0, 0.1) is 0 Å². The summed E-state index contributed by atoms with van der Waals surface area (Å²) in [6.45, 7) is 0.913. The lowest BCUT2D eigenvalue weighted by Gasteiger charge is -2.24. The number of rotatable bonds is 8. The molecule has 11 heteroatoms. The zero-order valence-electron chi connectivity index (χ0n) is 15.7. The van der Waals surface area contributed by atoms with E-state index < -0.39 is 9.84 Å². The number of halogens is 1. The van der Waals surface area contributed by atoms with Gasteiger partial charge in [0.15, 0.2) is 15.7 Å². The van der Waals surface area contributed by atoms with Crippen LogP contribution in [-0.4, -0.2) is 52.8 Å². The Labute approximate surface area is 174 Å². The van der Waals surface area contributed by atoms with Gasteiger partial charge < -0.3 is 15.3 Å². The van der Waals surface area contributed by atoms with Crippen LogP contribution in [0.1, 0.15) is 5.56 Å². The van der Waals surface area contributed by atoms with Crippen LogP contribution >= 0.6 is 11.6 Å². The van der Waals surface area contributed by atoms with Gasteiger partial charge >= 0.3 is 0 Å². The Kier molecular flexibility index (Phi) is 6.57. The van der Waals surface area contributed by atoms with Gasteiger partial charge in [0.2, 0.25) is 5.95 Å². The highest BCUT2D eigenvalue weighted by Gasteiger charge is 2.10. The Balaban J connectivity index is 1.66. The minimum Gasteiger partial charge on any atom is -0.395 e. The number of aromatic nitrogens is 2. The van der Waals surface area contributed by atoms with Crippen molar-refractivity contribution >= 4 is 33.2 Å². The third-order valence-electron chi connectivity index (χ3n) is 3.96. The smallest absolute Gasteiger partial charge is 0.244 e. The lowest BCUT2D eigenvalue weighted by Crippen LogP contribution is -2.26. The van der Waals surface area contributed by atoms with Gasteiger partial charge in [-0.1, -0.05) is 23.7 Å². The van der Waals surface area contributed by atoms with Gasteiger partial charge in [-0.15, -0.1) is 0 Å². The number of nitrogens with zero attached hydrogens (tertiary/aromatic N) is 4. The molecule has 0 unspecified atom stereocenters. The third-order valence-corrected chi connectivity index (χ3v) is 5.34. The van der Waals surface area contributed by atoms with Crippen molar-refractivity contribution in [1.82, 2.24) is 19.9 Å². The van der Waals surface area contributed by atoms with Gasteiger partial charge in [-0.05, 0) is 17.7 Å². The van der Waals surface area contributed by atoms with Crippen molar-refractivity contribution < 1.29 is 13.5 Å². The summed E-state index contributed by atoms with van der Waals surface area (Å²) in [4.78, 5) is 10.6. The quantitative estimate of drug-likeness (QED) is 0.572. The molecule has 3 rings (SSSR count). The number of anilines is 2. The SMILES string of the molecule is CS(=O)(=O)c1cccc(CNc2nc(NN3C=CN(CCO)C=C3)ncc2Cl)c1. The van der Waals surface area contributed by atoms with Gasteiger partial charge in [-0.2, -0.15) is 4.98 Å². The van der Waals surface area contributed by atoms with Gasteiger partial charge in [0, 0.05) is 44.1 Å². The van der Waals surface area contributed by atoms with Crippen LogP contribution in [0.3, 0.4) is 0 Å². The number of nitrogens with one attached hydrogen (secondary N) is 2. The largest absolute Gasteiger partial charge is 0.395 e. The first kappa shape index (κ1) is 20.9. The Morgan fingerprint density at radius 2 is 1.97 bits per heavy atom. The fourth-order valence-electron chi connectivity index (χ4n) is 2.49. The predicted molar refractivity (Wildman–Crippen MR) is 111 cm³/mol. The summed E-state index contributed by atoms with van der Waals surface area (Å²) in [5.41, 5.74) is 3.79. The van der Waals surface area contributed by atoms with Crippen LogP contribution in [0.15, 0.2) is 60.2 Å². The molecule has 0 amide bonds. The van der Waals surface area contributed by atoms with Crippen molar-refractivity contribution in [3.05, 3.63) is 65.8 Å². The molecule has 0 radical (unpaired) electrons. The molecule has 0 bridgehead atoms. The summed E-state index contributed by atoms with van der Waals surface area (Å²) >= 11 is 6.18. The fourth-order valence-corrected chi connectivity index (χ4v) is 3.33. The molecule has 0 fully saturated rings. The van der Waals surface area contributed by atoms with Crippen LogP contribution in [-0.2, 0) is 16.4 Å². The molecule has 0 atom stereocenters. The van der Waals surface area contributed by atoms with E-state index in [1.165, 1.54) is 12.5 Å². The van der Waals surface area contributed by atoms with Gasteiger partial charge in [0.1, 0.15) is 5.02 Å². The predicted octanol–water partition coefficient (Wildman–Crippen LogP) is 2.02. The minimum absolute atomic E-state index is 0.0600. The van der Waals surface area contributed by atoms with Crippen molar-refractivity contribution in [1.29, 1.82) is 0 Å². The van der Waals surface area contributed by atoms with E-state index in [9.17, 15) is 8.42 Å². The molecule has 9 nitrogen and oxygen atoms in total. The van der Waals surface area contributed by atoms with E-state index in [4.69, 9.17) is 16.7 Å². The maximum atomic E-state index is 11.7. The molecule has 0 saturated carbocycles. The molecule has 1 aliphatic heterocycles. The van der Waals surface area contributed by atoms with Crippen molar-refractivity contribution in [2.75, 3.05) is 30.1 Å². The molecule has 154 valence electrons. The van der Waals surface area contributed by atoms with Crippen LogP contribution in [0.2, 0.25) is 5.02 Å². The highest BCUT2D eigenvalue weighted by molar-refractivity contribution is 7.90. The summed E-state index contributed by atoms with van der Waals surface area (Å²) in [6, 6.07) is 6.67. The van der Waals surface area contributed by atoms with E-state index in [-0.39, 0.29) is 11.5 Å². The number of aliphatic hydroxyl groups is 1. The standard InChI is InChI=1S/C18H21ClN6O3S/c1-29(27,28)15-4-2-3-14(11-15)12-20-17-16(19)13-21-18(22-17)23-25-7-5-24(6-8-25)9-10-26/h2-8,11,13,26H,9-10,12H2,1H3,(H2,20,21,22,23). The van der Waals surface area contributed by atoms with Crippen molar-refractivity contribution in [3.63, 3.8) is 0 Å². The highest BCUT2D eigenvalue weighted by atomic mass is 35.5. The molecule has 0 aliphatic carbocycles. The molecule has 0 saturated heterocycles. The summed E-state index contributed by atoms with van der Waals surface area (Å²) < 4.78 is 23.4. The zero-order chi connectivity index (χ0) is 20.9. The first-order valence-corrected chi connectivity index (χ1v) is 11.0. The topological polar surface area (TPSA) is 111 Å². The highest BCUT2D eigenvalue weighted by Crippen LogP contribution is 2.21. The molecular formula is C18H21ClN6O3S. The molecule has 1 aromatic heterocycles. The summed E-state index contributed by atoms with van der Waals surface area (Å²) in [7, 11) is -3.27. The van der Waals surface area contributed by atoms with E-state index in [1.807, 2.05) is 11.0 Å². The number of benzene rings is 1. The molecule has 1 aliphatic rings. The average Bonchev–Trinajstić information content (AvgIpc) is 2.70. The number of hydrazine groups is 1. The first-order chi connectivity index (χ1) is 13.8. The molecule has 2 aromatic rings. The van der Waals surface area contributed by atoms with Crippen LogP contribution in [0.25, 0.3) is 0 Å². The monoisotopic (exact) mass is 436 g/mol. The molecule has 2 heterocycles. The second-order valence-corrected chi connectivity index (χ2v) is 8.66. The second-order valence-electron chi connectivity index (χ2n) is 6.24. The maximum Gasteiger partial charge on any atom is 0.244 e. The van der Waals surface area contributed by atoms with E-state index >= 15 is 0 Å². The number of sulfone groups is 1. The lowest BCUT2D eigenvalue weighted by molar-refractivity contribution is 0.259. The molecule has 0 spiro atoms. The van der Waals surface area contributed by atoms with Crippen LogP contribution in [0.5, 0.6) is 0 Å². The second kappa shape index (κ2) is 9.12. The maximum absolute atomic E-state index is 11.7. The molecular weight excluding hydrogens is 416 g/mol.